The van der Waals surface area contributed by atoms with E-state index in [0.717, 1.165) is 24.7 Å². The van der Waals surface area contributed by atoms with Crippen LogP contribution in [-0.4, -0.2) is 24.2 Å². The molecule has 1 atom stereocenters. The molecule has 1 fully saturated rings. The summed E-state index contributed by atoms with van der Waals surface area (Å²) in [5.41, 5.74) is 1.27. The first-order chi connectivity index (χ1) is 11.4. The van der Waals surface area contributed by atoms with Gasteiger partial charge < -0.3 is 10.1 Å². The molecule has 0 radical (unpaired) electrons. The fourth-order valence-corrected chi connectivity index (χ4v) is 4.03. The average Bonchev–Trinajstić information content (AvgIpc) is 3.26. The van der Waals surface area contributed by atoms with E-state index in [1.54, 1.807) is 11.3 Å². The Morgan fingerprint density at radius 3 is 3.00 bits per heavy atom. The van der Waals surface area contributed by atoms with Gasteiger partial charge in [-0.05, 0) is 23.6 Å². The maximum Gasteiger partial charge on any atom is 0.107 e. The number of aromatic nitrogens is 1. The van der Waals surface area contributed by atoms with E-state index >= 15 is 0 Å². The third kappa shape index (κ3) is 3.29. The predicted molar refractivity (Wildman–Crippen MR) is 95.7 cm³/mol. The first-order valence-corrected chi connectivity index (χ1v) is 8.97. The second-order valence-electron chi connectivity index (χ2n) is 5.91. The van der Waals surface area contributed by atoms with Gasteiger partial charge in [-0.2, -0.15) is 0 Å². The summed E-state index contributed by atoms with van der Waals surface area (Å²) in [5, 5.41) is 7.16. The van der Waals surface area contributed by atoms with E-state index in [4.69, 9.17) is 4.74 Å². The summed E-state index contributed by atoms with van der Waals surface area (Å²) in [6.45, 7) is 2.65. The molecule has 1 aliphatic rings. The lowest BCUT2D eigenvalue weighted by Gasteiger charge is -2.09. The van der Waals surface area contributed by atoms with Crippen LogP contribution in [0.15, 0.2) is 48.7 Å². The van der Waals surface area contributed by atoms with Crippen LogP contribution in [0.1, 0.15) is 17.8 Å². The number of rotatable bonds is 5. The van der Waals surface area contributed by atoms with Crippen LogP contribution in [0, 0.1) is 0 Å². The molecule has 3 aromatic rings. The third-order valence-electron chi connectivity index (χ3n) is 4.28. The van der Waals surface area contributed by atoms with Crippen molar-refractivity contribution in [2.24, 2.45) is 0 Å². The van der Waals surface area contributed by atoms with E-state index in [1.807, 2.05) is 6.20 Å². The van der Waals surface area contributed by atoms with Crippen molar-refractivity contribution in [3.05, 3.63) is 53.7 Å². The number of ether oxygens (including phenoxy) is 1. The van der Waals surface area contributed by atoms with Crippen LogP contribution in [0.5, 0.6) is 0 Å². The molecule has 2 aromatic carbocycles. The van der Waals surface area contributed by atoms with Gasteiger partial charge in [0.1, 0.15) is 5.01 Å². The van der Waals surface area contributed by atoms with Gasteiger partial charge in [-0.3, -0.25) is 0 Å². The standard InChI is InChI=1S/C19H20N2OS/c1-2-8-16-14(5-1)6-3-9-17(16)18-12-21-19(23-18)13-20-11-15-7-4-10-22-15/h1-3,5-6,8-9,12,15,20H,4,7,10-11,13H2. The highest BCUT2D eigenvalue weighted by Crippen LogP contribution is 2.32. The van der Waals surface area contributed by atoms with Crippen LogP contribution in [0.4, 0.5) is 0 Å². The monoisotopic (exact) mass is 324 g/mol. The molecule has 0 saturated carbocycles. The molecule has 1 saturated heterocycles. The van der Waals surface area contributed by atoms with Crippen molar-refractivity contribution in [1.82, 2.24) is 10.3 Å². The molecule has 23 heavy (non-hydrogen) atoms. The second-order valence-corrected chi connectivity index (χ2v) is 7.03. The van der Waals surface area contributed by atoms with E-state index in [1.165, 1.54) is 34.1 Å². The minimum absolute atomic E-state index is 0.382. The molecule has 118 valence electrons. The number of hydrogen-bond donors (Lipinski definition) is 1. The van der Waals surface area contributed by atoms with E-state index in [-0.39, 0.29) is 0 Å². The number of thiazole rings is 1. The molecule has 0 aliphatic carbocycles. The Balaban J connectivity index is 1.48. The molecule has 4 rings (SSSR count). The maximum atomic E-state index is 5.63. The van der Waals surface area contributed by atoms with Gasteiger partial charge >= 0.3 is 0 Å². The van der Waals surface area contributed by atoms with E-state index in [9.17, 15) is 0 Å². The highest BCUT2D eigenvalue weighted by atomic mass is 32.1. The Bertz CT molecular complexity index is 787. The van der Waals surface area contributed by atoms with Crippen LogP contribution >= 0.6 is 11.3 Å². The summed E-state index contributed by atoms with van der Waals surface area (Å²) < 4.78 is 5.63. The van der Waals surface area contributed by atoms with Crippen molar-refractivity contribution in [2.75, 3.05) is 13.2 Å². The number of nitrogens with one attached hydrogen (secondary N) is 1. The summed E-state index contributed by atoms with van der Waals surface area (Å²) in [4.78, 5) is 5.81. The highest BCUT2D eigenvalue weighted by Gasteiger charge is 2.15. The normalized spacial score (nSPS) is 17.8. The number of benzene rings is 2. The molecule has 0 bridgehead atoms. The molecule has 3 nitrogen and oxygen atoms in total. The molecule has 0 spiro atoms. The molecular formula is C19H20N2OS. The summed E-state index contributed by atoms with van der Waals surface area (Å²) >= 11 is 1.77. The van der Waals surface area contributed by atoms with Gasteiger partial charge in [-0.25, -0.2) is 4.98 Å². The van der Waals surface area contributed by atoms with E-state index in [2.05, 4.69) is 52.8 Å². The summed E-state index contributed by atoms with van der Waals surface area (Å²) in [5.74, 6) is 0. The number of hydrogen-bond acceptors (Lipinski definition) is 4. The SMILES string of the molecule is c1ccc2c(-c3cnc(CNCC4CCCO4)s3)cccc2c1. The lowest BCUT2D eigenvalue weighted by molar-refractivity contribution is 0.110. The molecule has 0 amide bonds. The summed E-state index contributed by atoms with van der Waals surface area (Å²) in [6, 6.07) is 15.0. The van der Waals surface area contributed by atoms with Crippen molar-refractivity contribution in [3.8, 4) is 10.4 Å². The summed E-state index contributed by atoms with van der Waals surface area (Å²) in [7, 11) is 0. The molecule has 2 heterocycles. The molecule has 1 aliphatic heterocycles. The molecular weight excluding hydrogens is 304 g/mol. The second kappa shape index (κ2) is 6.79. The van der Waals surface area contributed by atoms with Crippen molar-refractivity contribution in [1.29, 1.82) is 0 Å². The minimum atomic E-state index is 0.382. The van der Waals surface area contributed by atoms with Crippen molar-refractivity contribution < 1.29 is 4.74 Å². The zero-order valence-corrected chi connectivity index (χ0v) is 13.8. The first-order valence-electron chi connectivity index (χ1n) is 8.15. The van der Waals surface area contributed by atoms with E-state index in [0.29, 0.717) is 6.10 Å². The maximum absolute atomic E-state index is 5.63. The Kier molecular flexibility index (Phi) is 4.37. The van der Waals surface area contributed by atoms with Crippen molar-refractivity contribution in [3.63, 3.8) is 0 Å². The van der Waals surface area contributed by atoms with Crippen LogP contribution in [-0.2, 0) is 11.3 Å². The van der Waals surface area contributed by atoms with Gasteiger partial charge in [0.15, 0.2) is 0 Å². The van der Waals surface area contributed by atoms with Crippen LogP contribution < -0.4 is 5.32 Å². The van der Waals surface area contributed by atoms with Crippen LogP contribution in [0.2, 0.25) is 0 Å². The smallest absolute Gasteiger partial charge is 0.107 e. The molecule has 1 aromatic heterocycles. The minimum Gasteiger partial charge on any atom is -0.377 e. The average molecular weight is 324 g/mol. The van der Waals surface area contributed by atoms with Gasteiger partial charge in [-0.1, -0.05) is 42.5 Å². The number of fused-ring (bicyclic) bond motifs is 1. The van der Waals surface area contributed by atoms with Gasteiger partial charge in [-0.15, -0.1) is 11.3 Å². The first kappa shape index (κ1) is 14.8. The van der Waals surface area contributed by atoms with Gasteiger partial charge in [0, 0.05) is 31.5 Å². The van der Waals surface area contributed by atoms with Crippen molar-refractivity contribution >= 4 is 22.1 Å². The Morgan fingerprint density at radius 1 is 1.17 bits per heavy atom. The van der Waals surface area contributed by atoms with Gasteiger partial charge in [0.25, 0.3) is 0 Å². The third-order valence-corrected chi connectivity index (χ3v) is 5.31. The van der Waals surface area contributed by atoms with Gasteiger partial charge in [0.05, 0.1) is 11.0 Å². The Morgan fingerprint density at radius 2 is 2.09 bits per heavy atom. The lowest BCUT2D eigenvalue weighted by Crippen LogP contribution is -2.25. The fourth-order valence-electron chi connectivity index (χ4n) is 3.10. The topological polar surface area (TPSA) is 34.2 Å². The zero-order chi connectivity index (χ0) is 15.5. The molecule has 1 unspecified atom stereocenters. The molecule has 4 heteroatoms. The van der Waals surface area contributed by atoms with E-state index < -0.39 is 0 Å². The lowest BCUT2D eigenvalue weighted by atomic mass is 10.0. The largest absolute Gasteiger partial charge is 0.377 e. The fraction of sp³-hybridized carbons (Fsp3) is 0.316. The molecule has 1 N–H and O–H groups in total. The van der Waals surface area contributed by atoms with Crippen LogP contribution in [0.25, 0.3) is 21.2 Å². The Labute approximate surface area is 140 Å². The van der Waals surface area contributed by atoms with Crippen LogP contribution in [0.3, 0.4) is 0 Å². The zero-order valence-electron chi connectivity index (χ0n) is 13.0. The number of nitrogens with zero attached hydrogens (tertiary/aromatic N) is 1. The Hall–Kier alpha value is -1.75. The highest BCUT2D eigenvalue weighted by molar-refractivity contribution is 7.15. The van der Waals surface area contributed by atoms with Gasteiger partial charge in [0.2, 0.25) is 0 Å². The predicted octanol–water partition coefficient (Wildman–Crippen LogP) is 4.23. The summed E-state index contributed by atoms with van der Waals surface area (Å²) in [6.07, 6.45) is 4.74. The van der Waals surface area contributed by atoms with Crippen molar-refractivity contribution in [2.45, 2.75) is 25.5 Å². The quantitative estimate of drug-likeness (QED) is 0.762.